The smallest absolute Gasteiger partial charge is 0.338 e. The van der Waals surface area contributed by atoms with Gasteiger partial charge < -0.3 is 9.47 Å². The number of hydrogen-bond acceptors (Lipinski definition) is 6. The van der Waals surface area contributed by atoms with Crippen LogP contribution in [0.25, 0.3) is 0 Å². The van der Waals surface area contributed by atoms with Gasteiger partial charge in [0.05, 0.1) is 0 Å². The van der Waals surface area contributed by atoms with Gasteiger partial charge in [-0.2, -0.15) is 14.9 Å². The minimum atomic E-state index is -1.55. The van der Waals surface area contributed by atoms with Gasteiger partial charge in [-0.25, -0.2) is 14.0 Å². The first-order chi connectivity index (χ1) is 11.1. The number of hydrogen-bond donors (Lipinski definition) is 0. The maximum Gasteiger partial charge on any atom is 0.338 e. The van der Waals surface area contributed by atoms with Crippen LogP contribution in [0.5, 0.6) is 11.5 Å². The molecule has 0 saturated heterocycles. The van der Waals surface area contributed by atoms with E-state index in [9.17, 15) is 18.4 Å². The molecule has 0 aliphatic heterocycles. The summed E-state index contributed by atoms with van der Waals surface area (Å²) in [5.41, 5.74) is -2.34. The Bertz CT molecular complexity index is 793. The lowest BCUT2D eigenvalue weighted by Crippen LogP contribution is -2.16. The van der Waals surface area contributed by atoms with Crippen LogP contribution in [-0.4, -0.2) is 11.9 Å². The zero-order valence-corrected chi connectivity index (χ0v) is 12.7. The molecule has 1 aromatic carbocycles. The third kappa shape index (κ3) is 3.45. The molecule has 6 nitrogen and oxygen atoms in total. The third-order valence-corrected chi connectivity index (χ3v) is 2.60. The second-order valence-corrected chi connectivity index (χ2v) is 4.60. The van der Waals surface area contributed by atoms with Crippen LogP contribution in [0.1, 0.15) is 25.0 Å². The van der Waals surface area contributed by atoms with Crippen molar-refractivity contribution in [3.05, 3.63) is 47.1 Å². The largest absolute Gasteiger partial charge is 0.418 e. The van der Waals surface area contributed by atoms with Crippen LogP contribution >= 0.6 is 0 Å². The lowest BCUT2D eigenvalue weighted by atomic mass is 10.1. The number of benzene rings is 1. The van der Waals surface area contributed by atoms with Crippen LogP contribution in [0.4, 0.5) is 8.78 Å². The molecule has 122 valence electrons. The average Bonchev–Trinajstić information content (AvgIpc) is 2.52. The van der Waals surface area contributed by atoms with Gasteiger partial charge in [-0.05, 0) is 13.8 Å². The van der Waals surface area contributed by atoms with Gasteiger partial charge in [0.2, 0.25) is 5.82 Å². The van der Waals surface area contributed by atoms with Gasteiger partial charge in [0.1, 0.15) is 23.3 Å². The number of nitriles is 2. The topological polar surface area (TPSA) is 100 Å². The molecule has 0 N–H and O–H groups in total. The van der Waals surface area contributed by atoms with Crippen molar-refractivity contribution in [1.82, 2.24) is 0 Å². The molecule has 0 amide bonds. The Morgan fingerprint density at radius 1 is 0.875 bits per heavy atom. The number of halogens is 2. The molecule has 24 heavy (non-hydrogen) atoms. The summed E-state index contributed by atoms with van der Waals surface area (Å²) in [6.07, 6.45) is 0. The summed E-state index contributed by atoms with van der Waals surface area (Å²) in [5, 5.41) is 17.9. The minimum absolute atomic E-state index is 0.150. The lowest BCUT2D eigenvalue weighted by molar-refractivity contribution is -0.130. The summed E-state index contributed by atoms with van der Waals surface area (Å²) in [6, 6.07) is 2.59. The van der Waals surface area contributed by atoms with Crippen molar-refractivity contribution in [2.75, 3.05) is 0 Å². The first kappa shape index (κ1) is 18.5. The quantitative estimate of drug-likeness (QED) is 0.477. The Hall–Kier alpha value is -3.52. The normalized spacial score (nSPS) is 9.42. The Morgan fingerprint density at radius 3 is 1.46 bits per heavy atom. The predicted octanol–water partition coefficient (Wildman–Crippen LogP) is 2.67. The highest BCUT2D eigenvalue weighted by molar-refractivity contribution is 5.90. The van der Waals surface area contributed by atoms with Gasteiger partial charge in [-0.1, -0.05) is 13.2 Å². The molecular weight excluding hydrogens is 322 g/mol. The Balaban J connectivity index is 3.69. The highest BCUT2D eigenvalue weighted by Crippen LogP contribution is 2.37. The van der Waals surface area contributed by atoms with E-state index < -0.39 is 46.2 Å². The zero-order valence-electron chi connectivity index (χ0n) is 12.7. The molecule has 0 fully saturated rings. The van der Waals surface area contributed by atoms with Crippen LogP contribution in [0.3, 0.4) is 0 Å². The maximum absolute atomic E-state index is 14.5. The minimum Gasteiger partial charge on any atom is -0.418 e. The monoisotopic (exact) mass is 332 g/mol. The van der Waals surface area contributed by atoms with E-state index in [0.717, 1.165) is 0 Å². The average molecular weight is 332 g/mol. The molecule has 0 bridgehead atoms. The van der Waals surface area contributed by atoms with Crippen molar-refractivity contribution in [1.29, 1.82) is 10.5 Å². The first-order valence-corrected chi connectivity index (χ1v) is 6.26. The second kappa shape index (κ2) is 7.16. The summed E-state index contributed by atoms with van der Waals surface area (Å²) in [4.78, 5) is 23.1. The summed E-state index contributed by atoms with van der Waals surface area (Å²) >= 11 is 0. The van der Waals surface area contributed by atoms with Crippen LogP contribution in [0.2, 0.25) is 0 Å². The van der Waals surface area contributed by atoms with E-state index >= 15 is 0 Å². The fraction of sp³-hybridized carbons (Fsp3) is 0.125. The van der Waals surface area contributed by atoms with E-state index in [1.807, 2.05) is 0 Å². The number of nitrogens with zero attached hydrogens (tertiary/aromatic N) is 2. The molecule has 0 aliphatic carbocycles. The van der Waals surface area contributed by atoms with Gasteiger partial charge in [-0.15, -0.1) is 0 Å². The number of carbonyl (C=O) groups excluding carboxylic acids is 2. The van der Waals surface area contributed by atoms with E-state index in [1.54, 1.807) is 0 Å². The van der Waals surface area contributed by atoms with E-state index in [1.165, 1.54) is 26.0 Å². The fourth-order valence-corrected chi connectivity index (χ4v) is 1.40. The maximum atomic E-state index is 14.5. The summed E-state index contributed by atoms with van der Waals surface area (Å²) < 4.78 is 37.9. The van der Waals surface area contributed by atoms with Crippen LogP contribution < -0.4 is 9.47 Å². The SMILES string of the molecule is C=C(C)C(=O)Oc1c(F)c(OC(=O)C(=C)C)c(C#N)c(F)c1C#N. The van der Waals surface area contributed by atoms with Crippen molar-refractivity contribution in [2.24, 2.45) is 0 Å². The standard InChI is InChI=1S/C16H10F2N2O4/c1-7(2)15(21)23-13-9(5-19)11(17)10(6-20)14(12(13)18)24-16(22)8(3)4/h1,3H2,2,4H3. The molecule has 0 heterocycles. The van der Waals surface area contributed by atoms with Gasteiger partial charge in [0, 0.05) is 11.1 Å². The Morgan fingerprint density at radius 2 is 1.21 bits per heavy atom. The second-order valence-electron chi connectivity index (χ2n) is 4.60. The van der Waals surface area contributed by atoms with Crippen molar-refractivity contribution in [3.8, 4) is 23.6 Å². The molecule has 0 aromatic heterocycles. The van der Waals surface area contributed by atoms with Gasteiger partial charge in [-0.3, -0.25) is 0 Å². The van der Waals surface area contributed by atoms with Crippen molar-refractivity contribution < 1.29 is 27.8 Å². The summed E-state index contributed by atoms with van der Waals surface area (Å²) in [6.45, 7) is 9.02. The Labute approximate surface area is 135 Å². The molecule has 0 atom stereocenters. The summed E-state index contributed by atoms with van der Waals surface area (Å²) in [5.74, 6) is -7.51. The molecular formula is C16H10F2N2O4. The predicted molar refractivity (Wildman–Crippen MR) is 76.7 cm³/mol. The van der Waals surface area contributed by atoms with Crippen LogP contribution in [-0.2, 0) is 9.59 Å². The number of esters is 2. The Kier molecular flexibility index (Phi) is 5.53. The van der Waals surface area contributed by atoms with Crippen molar-refractivity contribution in [2.45, 2.75) is 13.8 Å². The van der Waals surface area contributed by atoms with Gasteiger partial charge in [0.25, 0.3) is 0 Å². The van der Waals surface area contributed by atoms with E-state index in [0.29, 0.717) is 0 Å². The zero-order chi connectivity index (χ0) is 18.6. The molecule has 1 rings (SSSR count). The van der Waals surface area contributed by atoms with Gasteiger partial charge >= 0.3 is 11.9 Å². The van der Waals surface area contributed by atoms with Gasteiger partial charge in [0.15, 0.2) is 17.3 Å². The molecule has 1 aromatic rings. The van der Waals surface area contributed by atoms with Crippen molar-refractivity contribution >= 4 is 11.9 Å². The molecule has 0 saturated carbocycles. The molecule has 0 radical (unpaired) electrons. The summed E-state index contributed by atoms with van der Waals surface area (Å²) in [7, 11) is 0. The highest BCUT2D eigenvalue weighted by atomic mass is 19.1. The molecule has 0 unspecified atom stereocenters. The van der Waals surface area contributed by atoms with Crippen molar-refractivity contribution in [3.63, 3.8) is 0 Å². The lowest BCUT2D eigenvalue weighted by Gasteiger charge is -2.13. The van der Waals surface area contributed by atoms with E-state index in [4.69, 9.17) is 10.5 Å². The van der Waals surface area contributed by atoms with Crippen LogP contribution in [0.15, 0.2) is 24.3 Å². The molecule has 0 spiro atoms. The first-order valence-electron chi connectivity index (χ1n) is 6.26. The number of ether oxygens (including phenoxy) is 2. The molecule has 0 aliphatic rings. The third-order valence-electron chi connectivity index (χ3n) is 2.60. The van der Waals surface area contributed by atoms with E-state index in [2.05, 4.69) is 22.6 Å². The number of rotatable bonds is 4. The number of carbonyl (C=O) groups is 2. The highest BCUT2D eigenvalue weighted by Gasteiger charge is 2.30. The van der Waals surface area contributed by atoms with E-state index in [-0.39, 0.29) is 11.1 Å². The molecule has 8 heteroatoms. The van der Waals surface area contributed by atoms with Crippen LogP contribution in [0, 0.1) is 34.3 Å². The fourth-order valence-electron chi connectivity index (χ4n) is 1.40.